The first kappa shape index (κ1) is 14.2. The monoisotopic (exact) mass is 237 g/mol. The van der Waals surface area contributed by atoms with Gasteiger partial charge in [0.1, 0.15) is 0 Å². The Hall–Kier alpha value is -0.860. The third-order valence-electron chi connectivity index (χ3n) is 3.04. The van der Waals surface area contributed by atoms with Crippen molar-refractivity contribution in [1.82, 2.24) is 15.0 Å². The zero-order valence-electron chi connectivity index (χ0n) is 11.7. The molecule has 0 aliphatic rings. The minimum atomic E-state index is 0.784. The van der Waals surface area contributed by atoms with E-state index in [0.717, 1.165) is 24.6 Å². The van der Waals surface area contributed by atoms with Gasteiger partial charge in [0.25, 0.3) is 0 Å². The van der Waals surface area contributed by atoms with E-state index in [2.05, 4.69) is 37.3 Å². The van der Waals surface area contributed by atoms with E-state index < -0.39 is 0 Å². The summed E-state index contributed by atoms with van der Waals surface area (Å²) in [7, 11) is 0. The maximum absolute atomic E-state index is 4.22. The Bertz CT molecular complexity index is 291. The molecule has 0 amide bonds. The summed E-state index contributed by atoms with van der Waals surface area (Å²) in [6.07, 6.45) is 10.9. The third kappa shape index (κ3) is 6.44. The molecule has 1 aromatic rings. The van der Waals surface area contributed by atoms with Gasteiger partial charge in [-0.15, -0.1) is 5.10 Å². The highest BCUT2D eigenvalue weighted by Crippen LogP contribution is 2.07. The van der Waals surface area contributed by atoms with Crippen LogP contribution in [0.5, 0.6) is 0 Å². The van der Waals surface area contributed by atoms with E-state index in [-0.39, 0.29) is 0 Å². The average molecular weight is 237 g/mol. The van der Waals surface area contributed by atoms with Crippen molar-refractivity contribution in [2.24, 2.45) is 5.92 Å². The van der Waals surface area contributed by atoms with Crippen LogP contribution in [0.2, 0.25) is 0 Å². The number of unbranched alkanes of at least 4 members (excludes halogenated alkanes) is 3. The maximum Gasteiger partial charge on any atom is 0.0827 e. The normalized spacial score (nSPS) is 11.3. The average Bonchev–Trinajstić information content (AvgIpc) is 2.72. The lowest BCUT2D eigenvalue weighted by Gasteiger charge is -2.03. The first-order valence-corrected chi connectivity index (χ1v) is 7.11. The summed E-state index contributed by atoms with van der Waals surface area (Å²) in [5, 5.41) is 8.40. The molecule has 0 saturated heterocycles. The van der Waals surface area contributed by atoms with E-state index in [0.29, 0.717) is 0 Å². The molecule has 0 N–H and O–H groups in total. The molecule has 0 unspecified atom stereocenters. The summed E-state index contributed by atoms with van der Waals surface area (Å²) in [5.41, 5.74) is 1.16. The first-order chi connectivity index (χ1) is 8.22. The Balaban J connectivity index is 2.18. The van der Waals surface area contributed by atoms with Crippen LogP contribution in [0.15, 0.2) is 6.20 Å². The smallest absolute Gasteiger partial charge is 0.0827 e. The van der Waals surface area contributed by atoms with Crippen LogP contribution in [0.4, 0.5) is 0 Å². The van der Waals surface area contributed by atoms with Crippen LogP contribution in [0.3, 0.4) is 0 Å². The fourth-order valence-corrected chi connectivity index (χ4v) is 1.96. The minimum Gasteiger partial charge on any atom is -0.252 e. The van der Waals surface area contributed by atoms with Crippen molar-refractivity contribution < 1.29 is 0 Å². The van der Waals surface area contributed by atoms with Crippen molar-refractivity contribution >= 4 is 0 Å². The van der Waals surface area contributed by atoms with E-state index in [1.54, 1.807) is 0 Å². The molecule has 17 heavy (non-hydrogen) atoms. The van der Waals surface area contributed by atoms with Gasteiger partial charge in [-0.3, -0.25) is 4.68 Å². The summed E-state index contributed by atoms with van der Waals surface area (Å²) >= 11 is 0. The van der Waals surface area contributed by atoms with Crippen LogP contribution in [0, 0.1) is 5.92 Å². The molecule has 1 rings (SSSR count). The molecule has 98 valence electrons. The second-order valence-electron chi connectivity index (χ2n) is 5.32. The summed E-state index contributed by atoms with van der Waals surface area (Å²) < 4.78 is 2.00. The van der Waals surface area contributed by atoms with Crippen LogP contribution >= 0.6 is 0 Å². The molecular weight excluding hydrogens is 210 g/mol. The molecule has 0 fully saturated rings. The van der Waals surface area contributed by atoms with Crippen LogP contribution in [-0.4, -0.2) is 15.0 Å². The zero-order chi connectivity index (χ0) is 12.5. The van der Waals surface area contributed by atoms with Gasteiger partial charge in [0.2, 0.25) is 0 Å². The van der Waals surface area contributed by atoms with Gasteiger partial charge < -0.3 is 0 Å². The van der Waals surface area contributed by atoms with Crippen molar-refractivity contribution in [3.8, 4) is 0 Å². The topological polar surface area (TPSA) is 30.7 Å². The molecule has 0 saturated carbocycles. The fourth-order valence-electron chi connectivity index (χ4n) is 1.96. The highest BCUT2D eigenvalue weighted by Gasteiger charge is 2.01. The van der Waals surface area contributed by atoms with Crippen LogP contribution in [-0.2, 0) is 13.0 Å². The molecule has 0 aliphatic carbocycles. The molecule has 3 heteroatoms. The van der Waals surface area contributed by atoms with E-state index in [4.69, 9.17) is 0 Å². The lowest BCUT2D eigenvalue weighted by atomic mass is 10.1. The van der Waals surface area contributed by atoms with Crippen LogP contribution in [0.25, 0.3) is 0 Å². The minimum absolute atomic E-state index is 0.784. The maximum atomic E-state index is 4.22. The van der Waals surface area contributed by atoms with E-state index in [9.17, 15) is 0 Å². The van der Waals surface area contributed by atoms with Gasteiger partial charge in [-0.25, -0.2) is 0 Å². The third-order valence-corrected chi connectivity index (χ3v) is 3.04. The zero-order valence-corrected chi connectivity index (χ0v) is 11.7. The summed E-state index contributed by atoms with van der Waals surface area (Å²) in [6.45, 7) is 7.78. The first-order valence-electron chi connectivity index (χ1n) is 7.11. The Morgan fingerprint density at radius 3 is 2.71 bits per heavy atom. The van der Waals surface area contributed by atoms with Gasteiger partial charge in [-0.1, -0.05) is 45.2 Å². The molecule has 1 aromatic heterocycles. The standard InChI is InChI=1S/C14H27N3/c1-4-5-6-7-10-14-12-17(16-15-14)11-8-9-13(2)3/h12-13H,4-11H2,1-3H3. The van der Waals surface area contributed by atoms with Gasteiger partial charge in [0, 0.05) is 12.7 Å². The molecule has 0 aromatic carbocycles. The van der Waals surface area contributed by atoms with Crippen molar-refractivity contribution in [1.29, 1.82) is 0 Å². The second kappa shape index (κ2) is 8.26. The van der Waals surface area contributed by atoms with E-state index >= 15 is 0 Å². The highest BCUT2D eigenvalue weighted by molar-refractivity contribution is 4.92. The van der Waals surface area contributed by atoms with Crippen molar-refractivity contribution in [3.63, 3.8) is 0 Å². The van der Waals surface area contributed by atoms with Crippen molar-refractivity contribution in [2.75, 3.05) is 0 Å². The predicted octanol–water partition coefficient (Wildman–Crippen LogP) is 3.84. The molecule has 0 radical (unpaired) electrons. The molecule has 1 heterocycles. The molecule has 0 aliphatic heterocycles. The number of aryl methyl sites for hydroxylation is 2. The van der Waals surface area contributed by atoms with Gasteiger partial charge >= 0.3 is 0 Å². The summed E-state index contributed by atoms with van der Waals surface area (Å²) in [5.74, 6) is 0.784. The van der Waals surface area contributed by atoms with Crippen LogP contribution < -0.4 is 0 Å². The highest BCUT2D eigenvalue weighted by atomic mass is 15.4. The molecule has 0 bridgehead atoms. The molecule has 3 nitrogen and oxygen atoms in total. The van der Waals surface area contributed by atoms with Gasteiger partial charge in [0.15, 0.2) is 0 Å². The number of rotatable bonds is 9. The fraction of sp³-hybridized carbons (Fsp3) is 0.857. The van der Waals surface area contributed by atoms with Gasteiger partial charge in [-0.05, 0) is 31.6 Å². The van der Waals surface area contributed by atoms with E-state index in [1.807, 2.05) is 4.68 Å². The van der Waals surface area contributed by atoms with Crippen molar-refractivity contribution in [3.05, 3.63) is 11.9 Å². The van der Waals surface area contributed by atoms with E-state index in [1.165, 1.54) is 38.5 Å². The summed E-state index contributed by atoms with van der Waals surface area (Å²) in [6, 6.07) is 0. The van der Waals surface area contributed by atoms with Crippen LogP contribution in [0.1, 0.15) is 65.0 Å². The quantitative estimate of drug-likeness (QED) is 0.611. The van der Waals surface area contributed by atoms with Gasteiger partial charge in [-0.2, -0.15) is 0 Å². The molecule has 0 atom stereocenters. The number of nitrogens with zero attached hydrogens (tertiary/aromatic N) is 3. The van der Waals surface area contributed by atoms with Gasteiger partial charge in [0.05, 0.1) is 5.69 Å². The summed E-state index contributed by atoms with van der Waals surface area (Å²) in [4.78, 5) is 0. The lowest BCUT2D eigenvalue weighted by Crippen LogP contribution is -2.00. The second-order valence-corrected chi connectivity index (χ2v) is 5.32. The molecular formula is C14H27N3. The number of aromatic nitrogens is 3. The Labute approximate surface area is 106 Å². The number of hydrogen-bond donors (Lipinski definition) is 0. The lowest BCUT2D eigenvalue weighted by molar-refractivity contribution is 0.482. The Kier molecular flexibility index (Phi) is 6.90. The molecule has 0 spiro atoms. The largest absolute Gasteiger partial charge is 0.252 e. The Morgan fingerprint density at radius 1 is 1.18 bits per heavy atom. The predicted molar refractivity (Wildman–Crippen MR) is 71.9 cm³/mol. The Morgan fingerprint density at radius 2 is 2.00 bits per heavy atom. The number of hydrogen-bond acceptors (Lipinski definition) is 2. The SMILES string of the molecule is CCCCCCc1cn(CCCC(C)C)nn1. The van der Waals surface area contributed by atoms with Crippen molar-refractivity contribution in [2.45, 2.75) is 72.3 Å².